The zero-order valence-corrected chi connectivity index (χ0v) is 14.2. The van der Waals surface area contributed by atoms with Gasteiger partial charge in [-0.3, -0.25) is 4.90 Å². The van der Waals surface area contributed by atoms with E-state index in [9.17, 15) is 0 Å². The quantitative estimate of drug-likeness (QED) is 0.815. The van der Waals surface area contributed by atoms with Crippen molar-refractivity contribution in [2.24, 2.45) is 11.8 Å². The molecule has 3 nitrogen and oxygen atoms in total. The van der Waals surface area contributed by atoms with Crippen LogP contribution < -0.4 is 5.32 Å². The fraction of sp³-hybridized carbons (Fsp3) is 1.00. The predicted octanol–water partition coefficient (Wildman–Crippen LogP) is 3.04. The Morgan fingerprint density at radius 2 is 1.90 bits per heavy atom. The van der Waals surface area contributed by atoms with Crippen molar-refractivity contribution in [3.05, 3.63) is 0 Å². The topological polar surface area (TPSA) is 24.5 Å². The van der Waals surface area contributed by atoms with Gasteiger partial charge in [0, 0.05) is 31.2 Å². The van der Waals surface area contributed by atoms with Crippen LogP contribution in [0.2, 0.25) is 0 Å². The minimum Gasteiger partial charge on any atom is -0.377 e. The van der Waals surface area contributed by atoms with Crippen molar-refractivity contribution >= 4 is 0 Å². The van der Waals surface area contributed by atoms with Crippen molar-refractivity contribution in [2.45, 2.75) is 77.0 Å². The maximum Gasteiger partial charge on any atom is 0.0597 e. The number of nitrogens with one attached hydrogen (secondary N) is 1. The van der Waals surface area contributed by atoms with Crippen molar-refractivity contribution in [3.63, 3.8) is 0 Å². The van der Waals surface area contributed by atoms with Crippen LogP contribution in [-0.4, -0.2) is 48.8 Å². The summed E-state index contributed by atoms with van der Waals surface area (Å²) in [6.45, 7) is 11.5. The summed E-state index contributed by atoms with van der Waals surface area (Å²) in [6, 6.07) is 0.670. The molecule has 21 heavy (non-hydrogen) atoms. The van der Waals surface area contributed by atoms with Gasteiger partial charge < -0.3 is 10.1 Å². The molecule has 0 aromatic heterocycles. The Morgan fingerprint density at radius 3 is 2.52 bits per heavy atom. The highest BCUT2D eigenvalue weighted by Gasteiger charge is 2.46. The van der Waals surface area contributed by atoms with E-state index in [0.29, 0.717) is 23.6 Å². The summed E-state index contributed by atoms with van der Waals surface area (Å²) in [4.78, 5) is 2.72. The van der Waals surface area contributed by atoms with Gasteiger partial charge in [0.2, 0.25) is 0 Å². The van der Waals surface area contributed by atoms with Crippen molar-refractivity contribution in [2.75, 3.05) is 26.2 Å². The summed E-state index contributed by atoms with van der Waals surface area (Å²) in [7, 11) is 0. The van der Waals surface area contributed by atoms with E-state index < -0.39 is 0 Å². The molecule has 122 valence electrons. The van der Waals surface area contributed by atoms with E-state index in [1.54, 1.807) is 0 Å². The molecule has 3 aliphatic rings. The van der Waals surface area contributed by atoms with Crippen molar-refractivity contribution in [1.29, 1.82) is 0 Å². The van der Waals surface area contributed by atoms with Gasteiger partial charge in [0.25, 0.3) is 0 Å². The maximum absolute atomic E-state index is 6.12. The van der Waals surface area contributed by atoms with Crippen LogP contribution in [0.15, 0.2) is 0 Å². The van der Waals surface area contributed by atoms with Crippen LogP contribution in [0.4, 0.5) is 0 Å². The van der Waals surface area contributed by atoms with E-state index in [1.165, 1.54) is 45.1 Å². The summed E-state index contributed by atoms with van der Waals surface area (Å²) >= 11 is 0. The Labute approximate surface area is 130 Å². The molecule has 3 rings (SSSR count). The highest BCUT2D eigenvalue weighted by atomic mass is 16.5. The number of ether oxygens (including phenoxy) is 1. The third-order valence-electron chi connectivity index (χ3n) is 6.00. The van der Waals surface area contributed by atoms with E-state index in [0.717, 1.165) is 25.6 Å². The standard InChI is InChI=1S/C18H34N2O/c1-14(2)17-12-19-18(3,15-8-9-15)13-20(17)10-11-21-16-6-4-5-7-16/h14-17,19H,4-13H2,1-3H3. The third-order valence-corrected chi connectivity index (χ3v) is 6.00. The Morgan fingerprint density at radius 1 is 1.19 bits per heavy atom. The second kappa shape index (κ2) is 6.55. The molecule has 0 aromatic carbocycles. The lowest BCUT2D eigenvalue weighted by Crippen LogP contribution is -2.65. The van der Waals surface area contributed by atoms with Crippen LogP contribution in [-0.2, 0) is 4.74 Å². The van der Waals surface area contributed by atoms with Crippen LogP contribution in [0.5, 0.6) is 0 Å². The number of hydrogen-bond acceptors (Lipinski definition) is 3. The monoisotopic (exact) mass is 294 g/mol. The summed E-state index contributed by atoms with van der Waals surface area (Å²) in [6.07, 6.45) is 8.70. The molecule has 0 amide bonds. The third kappa shape index (κ3) is 3.80. The number of rotatable bonds is 6. The molecule has 0 bridgehead atoms. The number of hydrogen-bond donors (Lipinski definition) is 1. The molecule has 1 aliphatic heterocycles. The smallest absolute Gasteiger partial charge is 0.0597 e. The van der Waals surface area contributed by atoms with Gasteiger partial charge in [-0.2, -0.15) is 0 Å². The van der Waals surface area contributed by atoms with Crippen molar-refractivity contribution in [1.82, 2.24) is 10.2 Å². The van der Waals surface area contributed by atoms with Gasteiger partial charge in [0.1, 0.15) is 0 Å². The highest BCUT2D eigenvalue weighted by Crippen LogP contribution is 2.41. The largest absolute Gasteiger partial charge is 0.377 e. The lowest BCUT2D eigenvalue weighted by molar-refractivity contribution is 0.000886. The van der Waals surface area contributed by atoms with E-state index in [4.69, 9.17) is 4.74 Å². The molecule has 1 heterocycles. The van der Waals surface area contributed by atoms with Crippen molar-refractivity contribution < 1.29 is 4.74 Å². The summed E-state index contributed by atoms with van der Waals surface area (Å²) in [5.41, 5.74) is 0.346. The maximum atomic E-state index is 6.12. The molecular formula is C18H34N2O. The highest BCUT2D eigenvalue weighted by molar-refractivity contribution is 5.04. The fourth-order valence-electron chi connectivity index (χ4n) is 4.35. The van der Waals surface area contributed by atoms with E-state index in [-0.39, 0.29) is 0 Å². The number of nitrogens with zero attached hydrogens (tertiary/aromatic N) is 1. The zero-order chi connectivity index (χ0) is 14.9. The van der Waals surface area contributed by atoms with Gasteiger partial charge in [0.15, 0.2) is 0 Å². The molecular weight excluding hydrogens is 260 g/mol. The van der Waals surface area contributed by atoms with Crippen LogP contribution in [0, 0.1) is 11.8 Å². The lowest BCUT2D eigenvalue weighted by atomic mass is 9.88. The molecule has 1 N–H and O–H groups in total. The predicted molar refractivity (Wildman–Crippen MR) is 87.5 cm³/mol. The molecule has 2 aliphatic carbocycles. The molecule has 2 unspecified atom stereocenters. The summed E-state index contributed by atoms with van der Waals surface area (Å²) in [5.74, 6) is 1.62. The first kappa shape index (κ1) is 15.8. The average molecular weight is 294 g/mol. The molecule has 0 spiro atoms. The Kier molecular flexibility index (Phi) is 4.92. The minimum absolute atomic E-state index is 0.346. The second-order valence-electron chi connectivity index (χ2n) is 8.13. The molecule has 3 fully saturated rings. The van der Waals surface area contributed by atoms with Crippen LogP contribution in [0.3, 0.4) is 0 Å². The number of piperazine rings is 1. The second-order valence-corrected chi connectivity index (χ2v) is 8.13. The van der Waals surface area contributed by atoms with Crippen LogP contribution >= 0.6 is 0 Å². The lowest BCUT2D eigenvalue weighted by Gasteiger charge is -2.48. The first-order valence-electron chi connectivity index (χ1n) is 9.19. The minimum atomic E-state index is 0.346. The van der Waals surface area contributed by atoms with E-state index in [1.807, 2.05) is 0 Å². The Bertz CT molecular complexity index is 336. The first-order chi connectivity index (χ1) is 10.1. The summed E-state index contributed by atoms with van der Waals surface area (Å²) < 4.78 is 6.12. The van der Waals surface area contributed by atoms with Crippen molar-refractivity contribution in [3.8, 4) is 0 Å². The van der Waals surface area contributed by atoms with Gasteiger partial charge in [0.05, 0.1) is 12.7 Å². The van der Waals surface area contributed by atoms with Gasteiger partial charge in [-0.1, -0.05) is 26.7 Å². The van der Waals surface area contributed by atoms with Gasteiger partial charge in [-0.05, 0) is 44.4 Å². The fourth-order valence-corrected chi connectivity index (χ4v) is 4.35. The zero-order valence-electron chi connectivity index (χ0n) is 14.2. The van der Waals surface area contributed by atoms with Gasteiger partial charge in [-0.25, -0.2) is 0 Å². The molecule has 0 aromatic rings. The van der Waals surface area contributed by atoms with Crippen LogP contribution in [0.25, 0.3) is 0 Å². The van der Waals surface area contributed by atoms with Gasteiger partial charge >= 0.3 is 0 Å². The van der Waals surface area contributed by atoms with Gasteiger partial charge in [-0.15, -0.1) is 0 Å². The first-order valence-corrected chi connectivity index (χ1v) is 9.19. The normalized spacial score (nSPS) is 35.7. The molecule has 1 saturated heterocycles. The van der Waals surface area contributed by atoms with Crippen LogP contribution in [0.1, 0.15) is 59.3 Å². The Hall–Kier alpha value is -0.120. The molecule has 2 atom stereocenters. The SMILES string of the molecule is CC(C)C1CNC(C)(C2CC2)CN1CCOC1CCCC1. The molecule has 0 radical (unpaired) electrons. The van der Waals surface area contributed by atoms with E-state index in [2.05, 4.69) is 31.0 Å². The average Bonchev–Trinajstić information content (AvgIpc) is 3.18. The molecule has 3 heteroatoms. The summed E-state index contributed by atoms with van der Waals surface area (Å²) in [5, 5.41) is 3.87. The Balaban J connectivity index is 1.52. The van der Waals surface area contributed by atoms with E-state index >= 15 is 0 Å². The molecule has 2 saturated carbocycles.